The number of carbonyl (C=O) groups excluding carboxylic acids is 2. The second-order valence-electron chi connectivity index (χ2n) is 7.63. The average molecular weight is 439 g/mol. The predicted molar refractivity (Wildman–Crippen MR) is 118 cm³/mol. The van der Waals surface area contributed by atoms with Crippen LogP contribution < -0.4 is 10.9 Å². The van der Waals surface area contributed by atoms with Gasteiger partial charge in [0.1, 0.15) is 11.3 Å². The molecule has 1 aromatic carbocycles. The Kier molecular flexibility index (Phi) is 6.27. The fourth-order valence-electron chi connectivity index (χ4n) is 3.78. The monoisotopic (exact) mass is 439 g/mol. The Morgan fingerprint density at radius 2 is 1.84 bits per heavy atom. The second-order valence-corrected chi connectivity index (χ2v) is 7.63. The van der Waals surface area contributed by atoms with Crippen molar-refractivity contribution in [2.45, 2.75) is 20.4 Å². The molecule has 0 saturated carbocycles. The van der Waals surface area contributed by atoms with Crippen molar-refractivity contribution >= 4 is 28.7 Å². The summed E-state index contributed by atoms with van der Waals surface area (Å²) in [5.41, 5.74) is 1.25. The normalized spacial score (nSPS) is 14.5. The smallest absolute Gasteiger partial charge is 0.411 e. The number of aryl methyl sites for hydroxylation is 1. The Hall–Kier alpha value is -3.59. The lowest BCUT2D eigenvalue weighted by atomic mass is 10.1. The van der Waals surface area contributed by atoms with E-state index in [1.165, 1.54) is 6.07 Å². The molecule has 1 aliphatic heterocycles. The van der Waals surface area contributed by atoms with Gasteiger partial charge in [0.15, 0.2) is 5.76 Å². The van der Waals surface area contributed by atoms with Gasteiger partial charge in [-0.3, -0.25) is 15.0 Å². The highest BCUT2D eigenvalue weighted by Gasteiger charge is 2.24. The molecule has 3 heterocycles. The summed E-state index contributed by atoms with van der Waals surface area (Å²) >= 11 is 0. The molecular weight excluding hydrogens is 414 g/mol. The number of amides is 2. The van der Waals surface area contributed by atoms with E-state index in [-0.39, 0.29) is 12.5 Å². The number of fused-ring (bicyclic) bond motifs is 1. The van der Waals surface area contributed by atoms with Crippen LogP contribution >= 0.6 is 0 Å². The van der Waals surface area contributed by atoms with Crippen molar-refractivity contribution in [1.29, 1.82) is 0 Å². The highest BCUT2D eigenvalue weighted by Crippen LogP contribution is 2.23. The molecule has 4 rings (SSSR count). The van der Waals surface area contributed by atoms with Crippen molar-refractivity contribution < 1.29 is 23.2 Å². The molecule has 0 unspecified atom stereocenters. The lowest BCUT2D eigenvalue weighted by Crippen LogP contribution is -2.48. The van der Waals surface area contributed by atoms with Gasteiger partial charge in [-0.1, -0.05) is 0 Å². The molecule has 3 aromatic rings. The van der Waals surface area contributed by atoms with Crippen molar-refractivity contribution in [3.05, 3.63) is 63.9 Å². The number of furan rings is 1. The highest BCUT2D eigenvalue weighted by molar-refractivity contribution is 5.92. The van der Waals surface area contributed by atoms with Crippen molar-refractivity contribution in [1.82, 2.24) is 9.80 Å². The van der Waals surface area contributed by atoms with E-state index in [9.17, 15) is 14.4 Å². The summed E-state index contributed by atoms with van der Waals surface area (Å²) in [5, 5.41) is 3.40. The average Bonchev–Trinajstić information content (AvgIpc) is 3.20. The zero-order valence-electron chi connectivity index (χ0n) is 18.1. The largest absolute Gasteiger partial charge is 0.456 e. The third kappa shape index (κ3) is 4.83. The summed E-state index contributed by atoms with van der Waals surface area (Å²) in [7, 11) is 0. The van der Waals surface area contributed by atoms with Gasteiger partial charge in [0, 0.05) is 55.9 Å². The lowest BCUT2D eigenvalue weighted by molar-refractivity contribution is 0.0597. The van der Waals surface area contributed by atoms with Gasteiger partial charge in [0.25, 0.3) is 5.91 Å². The zero-order chi connectivity index (χ0) is 22.7. The van der Waals surface area contributed by atoms with Crippen LogP contribution in [-0.2, 0) is 11.3 Å². The second kappa shape index (κ2) is 9.27. The predicted octanol–water partition coefficient (Wildman–Crippen LogP) is 3.22. The summed E-state index contributed by atoms with van der Waals surface area (Å²) in [6.45, 7) is 6.85. The Morgan fingerprint density at radius 3 is 2.53 bits per heavy atom. The molecule has 0 radical (unpaired) electrons. The van der Waals surface area contributed by atoms with E-state index in [4.69, 9.17) is 13.6 Å². The summed E-state index contributed by atoms with van der Waals surface area (Å²) in [5.74, 6) is 0.961. The number of carbonyl (C=O) groups is 2. The maximum Gasteiger partial charge on any atom is 0.411 e. The summed E-state index contributed by atoms with van der Waals surface area (Å²) in [6, 6.07) is 10.1. The van der Waals surface area contributed by atoms with Crippen molar-refractivity contribution in [3.63, 3.8) is 0 Å². The van der Waals surface area contributed by atoms with Crippen LogP contribution in [0, 0.1) is 6.92 Å². The molecule has 9 nitrogen and oxygen atoms in total. The first-order valence-electron chi connectivity index (χ1n) is 10.5. The molecule has 1 N–H and O–H groups in total. The molecular formula is C23H25N3O6. The van der Waals surface area contributed by atoms with E-state index >= 15 is 0 Å². The standard InChI is InChI=1S/C23H25N3O6/c1-3-30-23(29)24-17-5-6-18-16(12-21(27)32-20(18)13-17)14-25-8-10-26(11-9-25)22(28)19-7-4-15(2)31-19/h4-7,12-13H,3,8-11,14H2,1-2H3,(H,24,29). The van der Waals surface area contributed by atoms with E-state index in [0.717, 1.165) is 10.9 Å². The van der Waals surface area contributed by atoms with Gasteiger partial charge in [0.05, 0.1) is 6.61 Å². The molecule has 32 heavy (non-hydrogen) atoms. The topological polar surface area (TPSA) is 105 Å². The molecule has 1 saturated heterocycles. The number of hydrogen-bond donors (Lipinski definition) is 1. The van der Waals surface area contributed by atoms with Crippen LogP contribution in [0.2, 0.25) is 0 Å². The SMILES string of the molecule is CCOC(=O)Nc1ccc2c(CN3CCN(C(=O)c4ccc(C)o4)CC3)cc(=O)oc2c1. The minimum Gasteiger partial charge on any atom is -0.456 e. The maximum absolute atomic E-state index is 12.6. The van der Waals surface area contributed by atoms with Crippen molar-refractivity contribution in [2.24, 2.45) is 0 Å². The maximum atomic E-state index is 12.6. The van der Waals surface area contributed by atoms with Crippen LogP contribution in [-0.4, -0.2) is 54.6 Å². The van der Waals surface area contributed by atoms with Crippen LogP contribution in [0.4, 0.5) is 10.5 Å². The molecule has 1 aliphatic rings. The first-order chi connectivity index (χ1) is 15.4. The van der Waals surface area contributed by atoms with E-state index < -0.39 is 11.7 Å². The molecule has 2 aromatic heterocycles. The third-order valence-corrected chi connectivity index (χ3v) is 5.36. The van der Waals surface area contributed by atoms with E-state index in [1.54, 1.807) is 36.1 Å². The molecule has 168 valence electrons. The number of anilines is 1. The summed E-state index contributed by atoms with van der Waals surface area (Å²) in [4.78, 5) is 40.3. The number of nitrogens with zero attached hydrogens (tertiary/aromatic N) is 2. The van der Waals surface area contributed by atoms with Gasteiger partial charge in [-0.25, -0.2) is 9.59 Å². The molecule has 0 aliphatic carbocycles. The highest BCUT2D eigenvalue weighted by atomic mass is 16.5. The Bertz CT molecular complexity index is 1190. The van der Waals surface area contributed by atoms with Gasteiger partial charge in [-0.15, -0.1) is 0 Å². The van der Waals surface area contributed by atoms with Gasteiger partial charge in [-0.2, -0.15) is 0 Å². The Balaban J connectivity index is 1.44. The van der Waals surface area contributed by atoms with Gasteiger partial charge < -0.3 is 18.5 Å². The lowest BCUT2D eigenvalue weighted by Gasteiger charge is -2.34. The van der Waals surface area contributed by atoms with Crippen LogP contribution in [0.25, 0.3) is 11.0 Å². The number of ether oxygens (including phenoxy) is 1. The fraction of sp³-hybridized carbons (Fsp3) is 0.348. The first kappa shape index (κ1) is 21.6. The number of benzene rings is 1. The summed E-state index contributed by atoms with van der Waals surface area (Å²) in [6.07, 6.45) is -0.567. The van der Waals surface area contributed by atoms with E-state index in [2.05, 4.69) is 10.2 Å². The summed E-state index contributed by atoms with van der Waals surface area (Å²) < 4.78 is 15.7. The third-order valence-electron chi connectivity index (χ3n) is 5.36. The minimum absolute atomic E-state index is 0.106. The van der Waals surface area contributed by atoms with Crippen LogP contribution in [0.1, 0.15) is 28.8 Å². The fourth-order valence-corrected chi connectivity index (χ4v) is 3.78. The molecule has 9 heteroatoms. The molecule has 2 amide bonds. The first-order valence-corrected chi connectivity index (χ1v) is 10.5. The molecule has 0 spiro atoms. The van der Waals surface area contributed by atoms with E-state index in [0.29, 0.717) is 55.5 Å². The molecule has 1 fully saturated rings. The van der Waals surface area contributed by atoms with Gasteiger partial charge in [0.2, 0.25) is 0 Å². The van der Waals surface area contributed by atoms with Gasteiger partial charge in [-0.05, 0) is 43.7 Å². The molecule has 0 bridgehead atoms. The van der Waals surface area contributed by atoms with Crippen molar-refractivity contribution in [3.8, 4) is 0 Å². The van der Waals surface area contributed by atoms with Crippen LogP contribution in [0.3, 0.4) is 0 Å². The van der Waals surface area contributed by atoms with Crippen molar-refractivity contribution in [2.75, 3.05) is 38.1 Å². The molecule has 0 atom stereocenters. The number of piperazine rings is 1. The minimum atomic E-state index is -0.567. The van der Waals surface area contributed by atoms with Crippen LogP contribution in [0.5, 0.6) is 0 Å². The van der Waals surface area contributed by atoms with E-state index in [1.807, 2.05) is 13.0 Å². The number of rotatable bonds is 5. The zero-order valence-corrected chi connectivity index (χ0v) is 18.1. The number of hydrogen-bond acceptors (Lipinski definition) is 7. The van der Waals surface area contributed by atoms with Gasteiger partial charge >= 0.3 is 11.7 Å². The Morgan fingerprint density at radius 1 is 1.06 bits per heavy atom. The quantitative estimate of drug-likeness (QED) is 0.609. The number of nitrogens with one attached hydrogen (secondary N) is 1. The van der Waals surface area contributed by atoms with Crippen LogP contribution in [0.15, 0.2) is 50.0 Å². The Labute approximate surface area is 184 Å².